The Hall–Kier alpha value is -0.660. The second-order valence-electron chi connectivity index (χ2n) is 9.52. The van der Waals surface area contributed by atoms with E-state index in [1.54, 1.807) is 0 Å². The van der Waals surface area contributed by atoms with Crippen molar-refractivity contribution in [2.24, 2.45) is 17.6 Å². The van der Waals surface area contributed by atoms with Gasteiger partial charge in [-0.25, -0.2) is 8.42 Å². The van der Waals surface area contributed by atoms with Gasteiger partial charge in [-0.1, -0.05) is 70.2 Å². The highest BCUT2D eigenvalue weighted by molar-refractivity contribution is 7.91. The van der Waals surface area contributed by atoms with Crippen molar-refractivity contribution in [3.63, 3.8) is 0 Å². The first kappa shape index (κ1) is 31.3. The van der Waals surface area contributed by atoms with Crippen molar-refractivity contribution < 1.29 is 13.2 Å². The second-order valence-corrected chi connectivity index (χ2v) is 11.6. The molecule has 1 aromatic carbocycles. The van der Waals surface area contributed by atoms with E-state index in [1.807, 2.05) is 38.1 Å². The Bertz CT molecular complexity index is 781. The van der Waals surface area contributed by atoms with Crippen LogP contribution in [-0.2, 0) is 26.9 Å². The normalized spacial score (nSPS) is 16.7. The summed E-state index contributed by atoms with van der Waals surface area (Å²) < 4.78 is 25.3. The molecule has 2 atom stereocenters. The standard InChI is InChI=1S/C24H40N2O3S.2ClH/c1-18(2)13-23(25)24(27)17-30(28,29)16-22-12-8-7-11-21(22)15-26-19(3)14-20-9-5-4-6-10-20;;/h7-8,11-12,18-20,23,26H,4-6,9-10,13-17,25H2,1-3H3;2*1H/t19?,23-;;/m0../s1. The number of hydrogen-bond acceptors (Lipinski definition) is 5. The summed E-state index contributed by atoms with van der Waals surface area (Å²) in [4.78, 5) is 12.3. The molecule has 0 bridgehead atoms. The van der Waals surface area contributed by atoms with Crippen molar-refractivity contribution in [1.29, 1.82) is 0 Å². The number of carbonyl (C=O) groups excluding carboxylic acids is 1. The van der Waals surface area contributed by atoms with E-state index in [1.165, 1.54) is 38.5 Å². The van der Waals surface area contributed by atoms with Crippen LogP contribution in [0, 0.1) is 11.8 Å². The maximum atomic E-state index is 12.7. The molecule has 0 heterocycles. The third-order valence-corrected chi connectivity index (χ3v) is 7.52. The zero-order chi connectivity index (χ0) is 22.1. The number of rotatable bonds is 12. The van der Waals surface area contributed by atoms with E-state index in [0.717, 1.165) is 17.0 Å². The SMILES string of the molecule is CC(C)C[C@H](N)C(=O)CS(=O)(=O)Cc1ccccc1CNC(C)CC1CCCCC1.Cl.Cl. The van der Waals surface area contributed by atoms with Crippen molar-refractivity contribution >= 4 is 40.4 Å². The summed E-state index contributed by atoms with van der Waals surface area (Å²) in [7, 11) is -3.56. The van der Waals surface area contributed by atoms with Crippen LogP contribution in [0.2, 0.25) is 0 Å². The molecule has 1 saturated carbocycles. The summed E-state index contributed by atoms with van der Waals surface area (Å²) in [5, 5.41) is 3.57. The number of sulfone groups is 1. The van der Waals surface area contributed by atoms with Crippen LogP contribution in [0.5, 0.6) is 0 Å². The van der Waals surface area contributed by atoms with E-state index in [2.05, 4.69) is 12.2 Å². The van der Waals surface area contributed by atoms with E-state index in [9.17, 15) is 13.2 Å². The first-order valence-electron chi connectivity index (χ1n) is 11.4. The third-order valence-electron chi connectivity index (χ3n) is 6.05. The first-order chi connectivity index (χ1) is 14.2. The molecule has 0 amide bonds. The Morgan fingerprint density at radius 1 is 1.06 bits per heavy atom. The van der Waals surface area contributed by atoms with Crippen LogP contribution >= 0.6 is 24.8 Å². The van der Waals surface area contributed by atoms with Gasteiger partial charge in [0.2, 0.25) is 0 Å². The van der Waals surface area contributed by atoms with E-state index in [0.29, 0.717) is 19.0 Å². The Morgan fingerprint density at radius 3 is 2.25 bits per heavy atom. The van der Waals surface area contributed by atoms with Crippen molar-refractivity contribution in [2.45, 2.75) is 90.1 Å². The second kappa shape index (κ2) is 15.3. The molecule has 1 aromatic rings. The van der Waals surface area contributed by atoms with Gasteiger partial charge in [0.05, 0.1) is 11.8 Å². The molecular formula is C24H42Cl2N2O3S. The zero-order valence-corrected chi connectivity index (χ0v) is 22.2. The number of carbonyl (C=O) groups is 1. The smallest absolute Gasteiger partial charge is 0.164 e. The number of benzene rings is 1. The number of nitrogens with one attached hydrogen (secondary N) is 1. The molecule has 0 aromatic heterocycles. The molecule has 0 saturated heterocycles. The number of nitrogens with two attached hydrogens (primary N) is 1. The largest absolute Gasteiger partial charge is 0.321 e. The fourth-order valence-electron chi connectivity index (χ4n) is 4.41. The van der Waals surface area contributed by atoms with Gasteiger partial charge >= 0.3 is 0 Å². The molecule has 1 fully saturated rings. The fourth-order valence-corrected chi connectivity index (χ4v) is 5.92. The van der Waals surface area contributed by atoms with Crippen LogP contribution in [-0.4, -0.2) is 32.0 Å². The summed E-state index contributed by atoms with van der Waals surface area (Å²) >= 11 is 0. The van der Waals surface area contributed by atoms with Gasteiger partial charge in [-0.05, 0) is 42.7 Å². The number of Topliss-reactive ketones (excluding diaryl/α,β-unsaturated/α-hetero) is 1. The summed E-state index contributed by atoms with van der Waals surface area (Å²) in [6.07, 6.45) is 8.39. The minimum absolute atomic E-state index is 0. The Balaban J connectivity index is 0.00000480. The van der Waals surface area contributed by atoms with Crippen LogP contribution in [0.15, 0.2) is 24.3 Å². The minimum Gasteiger partial charge on any atom is -0.321 e. The molecular weight excluding hydrogens is 467 g/mol. The van der Waals surface area contributed by atoms with Crippen LogP contribution in [0.25, 0.3) is 0 Å². The van der Waals surface area contributed by atoms with Crippen molar-refractivity contribution in [1.82, 2.24) is 5.32 Å². The summed E-state index contributed by atoms with van der Waals surface area (Å²) in [5.41, 5.74) is 7.63. The van der Waals surface area contributed by atoms with E-state index < -0.39 is 21.6 Å². The highest BCUT2D eigenvalue weighted by atomic mass is 35.5. The highest BCUT2D eigenvalue weighted by Crippen LogP contribution is 2.27. The molecule has 186 valence electrons. The monoisotopic (exact) mass is 508 g/mol. The lowest BCUT2D eigenvalue weighted by molar-refractivity contribution is -0.118. The molecule has 1 aliphatic carbocycles. The van der Waals surface area contributed by atoms with Gasteiger partial charge in [0.1, 0.15) is 5.75 Å². The van der Waals surface area contributed by atoms with Gasteiger partial charge in [0.25, 0.3) is 0 Å². The summed E-state index contributed by atoms with van der Waals surface area (Å²) in [5.74, 6) is 0.0651. The molecule has 8 heteroatoms. The average molecular weight is 510 g/mol. The molecule has 0 aliphatic heterocycles. The molecule has 32 heavy (non-hydrogen) atoms. The van der Waals surface area contributed by atoms with Gasteiger partial charge in [-0.2, -0.15) is 0 Å². The van der Waals surface area contributed by atoms with Crippen LogP contribution < -0.4 is 11.1 Å². The Labute approximate surface area is 207 Å². The van der Waals surface area contributed by atoms with E-state index >= 15 is 0 Å². The molecule has 0 radical (unpaired) electrons. The van der Waals surface area contributed by atoms with Crippen molar-refractivity contribution in [3.05, 3.63) is 35.4 Å². The molecule has 3 N–H and O–H groups in total. The molecule has 5 nitrogen and oxygen atoms in total. The van der Waals surface area contributed by atoms with Gasteiger partial charge in [0, 0.05) is 12.6 Å². The van der Waals surface area contributed by atoms with Crippen molar-refractivity contribution in [3.8, 4) is 0 Å². The fraction of sp³-hybridized carbons (Fsp3) is 0.708. The molecule has 0 spiro atoms. The summed E-state index contributed by atoms with van der Waals surface area (Å²) in [6, 6.07) is 7.29. The highest BCUT2D eigenvalue weighted by Gasteiger charge is 2.24. The van der Waals surface area contributed by atoms with Gasteiger partial charge in [0.15, 0.2) is 15.6 Å². The number of hydrogen-bond donors (Lipinski definition) is 2. The van der Waals surface area contributed by atoms with Gasteiger partial charge < -0.3 is 11.1 Å². The number of ketones is 1. The predicted molar refractivity (Wildman–Crippen MR) is 138 cm³/mol. The van der Waals surface area contributed by atoms with Crippen LogP contribution in [0.3, 0.4) is 0 Å². The van der Waals surface area contributed by atoms with Gasteiger partial charge in [-0.15, -0.1) is 24.8 Å². The lowest BCUT2D eigenvalue weighted by atomic mass is 9.85. The topological polar surface area (TPSA) is 89.3 Å². The van der Waals surface area contributed by atoms with Crippen LogP contribution in [0.1, 0.15) is 76.8 Å². The minimum atomic E-state index is -3.56. The lowest BCUT2D eigenvalue weighted by Gasteiger charge is -2.25. The van der Waals surface area contributed by atoms with Crippen LogP contribution in [0.4, 0.5) is 0 Å². The zero-order valence-electron chi connectivity index (χ0n) is 19.7. The molecule has 1 aliphatic rings. The predicted octanol–water partition coefficient (Wildman–Crippen LogP) is 4.84. The maximum Gasteiger partial charge on any atom is 0.164 e. The first-order valence-corrected chi connectivity index (χ1v) is 13.3. The van der Waals surface area contributed by atoms with Crippen molar-refractivity contribution in [2.75, 3.05) is 5.75 Å². The third kappa shape index (κ3) is 11.5. The average Bonchev–Trinajstić information content (AvgIpc) is 2.67. The lowest BCUT2D eigenvalue weighted by Crippen LogP contribution is -2.36. The Kier molecular flexibility index (Phi) is 15.0. The number of halogens is 2. The van der Waals surface area contributed by atoms with Gasteiger partial charge in [-0.3, -0.25) is 4.79 Å². The molecule has 1 unspecified atom stereocenters. The Morgan fingerprint density at radius 2 is 1.66 bits per heavy atom. The van der Waals surface area contributed by atoms with E-state index in [-0.39, 0.29) is 42.3 Å². The summed E-state index contributed by atoms with van der Waals surface area (Å²) in [6.45, 7) is 6.80. The quantitative estimate of drug-likeness (QED) is 0.421. The molecule has 2 rings (SSSR count). The maximum absolute atomic E-state index is 12.7. The van der Waals surface area contributed by atoms with E-state index in [4.69, 9.17) is 5.73 Å².